The fraction of sp³-hybridized carbons (Fsp3) is 0.500. The highest BCUT2D eigenvalue weighted by Gasteiger charge is 2.02. The van der Waals surface area contributed by atoms with E-state index in [9.17, 15) is 0 Å². The second-order valence-corrected chi connectivity index (χ2v) is 5.56. The molecular weight excluding hydrogens is 262 g/mol. The Morgan fingerprint density at radius 2 is 2.10 bits per heavy atom. The molecule has 21 heavy (non-hydrogen) atoms. The number of imidazole rings is 1. The van der Waals surface area contributed by atoms with Gasteiger partial charge in [0.05, 0.1) is 5.69 Å². The van der Waals surface area contributed by atoms with E-state index in [-0.39, 0.29) is 0 Å². The summed E-state index contributed by atoms with van der Waals surface area (Å²) >= 11 is 0. The molecule has 0 amide bonds. The molecule has 0 bridgehead atoms. The van der Waals surface area contributed by atoms with Crippen LogP contribution in [0.15, 0.2) is 35.6 Å². The van der Waals surface area contributed by atoms with Crippen LogP contribution < -0.4 is 10.6 Å². The van der Waals surface area contributed by atoms with Gasteiger partial charge in [-0.05, 0) is 24.5 Å². The van der Waals surface area contributed by atoms with Crippen molar-refractivity contribution in [3.63, 3.8) is 0 Å². The number of fused-ring (bicyclic) bond motifs is 1. The summed E-state index contributed by atoms with van der Waals surface area (Å²) in [5, 5.41) is 6.65. The van der Waals surface area contributed by atoms with Gasteiger partial charge in [-0.2, -0.15) is 0 Å². The first-order valence-corrected chi connectivity index (χ1v) is 7.56. The Morgan fingerprint density at radius 1 is 1.29 bits per heavy atom. The van der Waals surface area contributed by atoms with Crippen LogP contribution in [-0.4, -0.2) is 35.5 Å². The lowest BCUT2D eigenvalue weighted by molar-refractivity contribution is 0.573. The number of guanidine groups is 1. The van der Waals surface area contributed by atoms with E-state index in [1.54, 1.807) is 7.05 Å². The molecule has 0 aliphatic heterocycles. The van der Waals surface area contributed by atoms with Gasteiger partial charge in [-0.1, -0.05) is 19.9 Å². The molecule has 0 unspecified atom stereocenters. The average molecular weight is 287 g/mol. The summed E-state index contributed by atoms with van der Waals surface area (Å²) < 4.78 is 2.05. The lowest BCUT2D eigenvalue weighted by Crippen LogP contribution is -2.39. The minimum atomic E-state index is 0.702. The van der Waals surface area contributed by atoms with Gasteiger partial charge >= 0.3 is 0 Å². The fourth-order valence-electron chi connectivity index (χ4n) is 2.12. The third kappa shape index (κ3) is 4.77. The standard InChI is InChI=1S/C16H25N5/c1-13(2)7-9-18-16(17-3)19-10-8-14-12-21-11-5-4-6-15(21)20-14/h4-6,11-13H,7-10H2,1-3H3,(H2,17,18,19). The van der Waals surface area contributed by atoms with Gasteiger partial charge in [-0.3, -0.25) is 4.99 Å². The normalized spacial score (nSPS) is 12.1. The molecular formula is C16H25N5. The van der Waals surface area contributed by atoms with Crippen LogP contribution in [0.4, 0.5) is 0 Å². The Hall–Kier alpha value is -2.04. The van der Waals surface area contributed by atoms with Crippen LogP contribution in [0.3, 0.4) is 0 Å². The first-order chi connectivity index (χ1) is 10.2. The summed E-state index contributed by atoms with van der Waals surface area (Å²) in [6.07, 6.45) is 6.12. The van der Waals surface area contributed by atoms with E-state index in [4.69, 9.17) is 0 Å². The van der Waals surface area contributed by atoms with Gasteiger partial charge in [0.15, 0.2) is 5.96 Å². The number of nitrogens with one attached hydrogen (secondary N) is 2. The number of nitrogens with zero attached hydrogens (tertiary/aromatic N) is 3. The van der Waals surface area contributed by atoms with Crippen LogP contribution in [0.25, 0.3) is 5.65 Å². The van der Waals surface area contributed by atoms with E-state index in [1.807, 2.05) is 28.8 Å². The third-order valence-electron chi connectivity index (χ3n) is 3.33. The average Bonchev–Trinajstić information content (AvgIpc) is 2.88. The van der Waals surface area contributed by atoms with E-state index in [2.05, 4.69) is 40.7 Å². The first kappa shape index (κ1) is 15.4. The molecule has 0 saturated carbocycles. The number of hydrogen-bond acceptors (Lipinski definition) is 2. The molecule has 0 saturated heterocycles. The van der Waals surface area contributed by atoms with Crippen LogP contribution in [-0.2, 0) is 6.42 Å². The number of rotatable bonds is 6. The van der Waals surface area contributed by atoms with Crippen LogP contribution in [0.1, 0.15) is 26.0 Å². The molecule has 0 aliphatic carbocycles. The molecule has 5 heteroatoms. The van der Waals surface area contributed by atoms with Crippen molar-refractivity contribution in [3.8, 4) is 0 Å². The SMILES string of the molecule is CN=C(NCCc1cn2ccccc2n1)NCCC(C)C. The van der Waals surface area contributed by atoms with Crippen molar-refractivity contribution >= 4 is 11.6 Å². The zero-order valence-corrected chi connectivity index (χ0v) is 13.1. The number of aliphatic imine (C=N–C) groups is 1. The second-order valence-electron chi connectivity index (χ2n) is 5.56. The molecule has 0 spiro atoms. The molecule has 5 nitrogen and oxygen atoms in total. The van der Waals surface area contributed by atoms with Crippen LogP contribution in [0, 0.1) is 5.92 Å². The molecule has 114 valence electrons. The predicted octanol–water partition coefficient (Wildman–Crippen LogP) is 2.09. The summed E-state index contributed by atoms with van der Waals surface area (Å²) in [7, 11) is 1.80. The Bertz CT molecular complexity index is 552. The van der Waals surface area contributed by atoms with E-state index in [1.165, 1.54) is 0 Å². The largest absolute Gasteiger partial charge is 0.356 e. The van der Waals surface area contributed by atoms with E-state index in [0.29, 0.717) is 5.92 Å². The maximum absolute atomic E-state index is 4.58. The molecule has 2 aromatic rings. The molecule has 2 heterocycles. The van der Waals surface area contributed by atoms with Gasteiger partial charge in [0.2, 0.25) is 0 Å². The summed E-state index contributed by atoms with van der Waals surface area (Å²) in [6.45, 7) is 6.22. The van der Waals surface area contributed by atoms with Crippen molar-refractivity contribution in [2.24, 2.45) is 10.9 Å². The Morgan fingerprint density at radius 3 is 2.81 bits per heavy atom. The van der Waals surface area contributed by atoms with Gasteiger partial charge in [0, 0.05) is 39.0 Å². The minimum absolute atomic E-state index is 0.702. The number of hydrogen-bond donors (Lipinski definition) is 2. The Labute approximate surface area is 126 Å². The summed E-state index contributed by atoms with van der Waals surface area (Å²) in [4.78, 5) is 8.81. The monoisotopic (exact) mass is 287 g/mol. The fourth-order valence-corrected chi connectivity index (χ4v) is 2.12. The minimum Gasteiger partial charge on any atom is -0.356 e. The zero-order chi connectivity index (χ0) is 15.1. The molecule has 2 rings (SSSR count). The third-order valence-corrected chi connectivity index (χ3v) is 3.33. The second kappa shape index (κ2) is 7.67. The maximum atomic E-state index is 4.58. The van der Waals surface area contributed by atoms with Crippen molar-refractivity contribution in [1.82, 2.24) is 20.0 Å². The van der Waals surface area contributed by atoms with Crippen LogP contribution >= 0.6 is 0 Å². The van der Waals surface area contributed by atoms with E-state index in [0.717, 1.165) is 43.2 Å². The van der Waals surface area contributed by atoms with E-state index < -0.39 is 0 Å². The highest BCUT2D eigenvalue weighted by atomic mass is 15.2. The molecule has 0 aliphatic rings. The van der Waals surface area contributed by atoms with Gasteiger partial charge in [0.25, 0.3) is 0 Å². The highest BCUT2D eigenvalue weighted by molar-refractivity contribution is 5.79. The van der Waals surface area contributed by atoms with Crippen LogP contribution in [0.5, 0.6) is 0 Å². The Balaban J connectivity index is 1.77. The van der Waals surface area contributed by atoms with Gasteiger partial charge in [-0.25, -0.2) is 4.98 Å². The lowest BCUT2D eigenvalue weighted by atomic mass is 10.1. The van der Waals surface area contributed by atoms with Crippen molar-refractivity contribution in [3.05, 3.63) is 36.3 Å². The molecule has 0 atom stereocenters. The van der Waals surface area contributed by atoms with Gasteiger partial charge < -0.3 is 15.0 Å². The van der Waals surface area contributed by atoms with Crippen LogP contribution in [0.2, 0.25) is 0 Å². The number of pyridine rings is 1. The van der Waals surface area contributed by atoms with Crippen molar-refractivity contribution in [1.29, 1.82) is 0 Å². The first-order valence-electron chi connectivity index (χ1n) is 7.56. The van der Waals surface area contributed by atoms with Crippen molar-refractivity contribution in [2.75, 3.05) is 20.1 Å². The molecule has 0 radical (unpaired) electrons. The van der Waals surface area contributed by atoms with Gasteiger partial charge in [-0.15, -0.1) is 0 Å². The van der Waals surface area contributed by atoms with Crippen molar-refractivity contribution < 1.29 is 0 Å². The lowest BCUT2D eigenvalue weighted by Gasteiger charge is -2.12. The number of aromatic nitrogens is 2. The quantitative estimate of drug-likeness (QED) is 0.632. The van der Waals surface area contributed by atoms with E-state index >= 15 is 0 Å². The zero-order valence-electron chi connectivity index (χ0n) is 13.1. The predicted molar refractivity (Wildman–Crippen MR) is 87.7 cm³/mol. The molecule has 2 aromatic heterocycles. The Kier molecular flexibility index (Phi) is 5.60. The molecule has 2 N–H and O–H groups in total. The highest BCUT2D eigenvalue weighted by Crippen LogP contribution is 2.04. The summed E-state index contributed by atoms with van der Waals surface area (Å²) in [5.74, 6) is 1.56. The van der Waals surface area contributed by atoms with Gasteiger partial charge in [0.1, 0.15) is 5.65 Å². The molecule has 0 aromatic carbocycles. The summed E-state index contributed by atoms with van der Waals surface area (Å²) in [5.41, 5.74) is 2.08. The summed E-state index contributed by atoms with van der Waals surface area (Å²) in [6, 6.07) is 6.03. The van der Waals surface area contributed by atoms with Crippen molar-refractivity contribution in [2.45, 2.75) is 26.7 Å². The maximum Gasteiger partial charge on any atom is 0.190 e. The smallest absolute Gasteiger partial charge is 0.190 e. The topological polar surface area (TPSA) is 53.7 Å². The molecule has 0 fully saturated rings.